The molecule has 0 amide bonds. The summed E-state index contributed by atoms with van der Waals surface area (Å²) in [7, 11) is 0. The normalized spacial score (nSPS) is 27.9. The summed E-state index contributed by atoms with van der Waals surface area (Å²) in [6, 6.07) is 6.44. The van der Waals surface area contributed by atoms with E-state index in [9.17, 15) is 0 Å². The maximum absolute atomic E-state index is 5.76. The van der Waals surface area contributed by atoms with Gasteiger partial charge in [0.15, 0.2) is 0 Å². The van der Waals surface area contributed by atoms with Gasteiger partial charge in [-0.25, -0.2) is 0 Å². The summed E-state index contributed by atoms with van der Waals surface area (Å²) in [6.07, 6.45) is 2.36. The fourth-order valence-electron chi connectivity index (χ4n) is 3.05. The Labute approximate surface area is 107 Å². The van der Waals surface area contributed by atoms with E-state index in [0.717, 1.165) is 31.8 Å². The van der Waals surface area contributed by atoms with Crippen molar-refractivity contribution in [3.05, 3.63) is 29.3 Å². The Bertz CT molecular complexity index is 436. The number of fused-ring (bicyclic) bond motifs is 1. The number of hydrazine groups is 1. The number of benzene rings is 1. The first kappa shape index (κ1) is 12.0. The summed E-state index contributed by atoms with van der Waals surface area (Å²) in [4.78, 5) is 0. The second-order valence-corrected chi connectivity index (χ2v) is 5.22. The molecule has 3 unspecified atom stereocenters. The van der Waals surface area contributed by atoms with Crippen LogP contribution in [-0.2, 0) is 11.2 Å². The first-order valence-electron chi connectivity index (χ1n) is 6.62. The van der Waals surface area contributed by atoms with Crippen LogP contribution in [0.5, 0.6) is 5.75 Å². The van der Waals surface area contributed by atoms with E-state index in [1.165, 1.54) is 11.1 Å². The smallest absolute Gasteiger partial charge is 0.127 e. The molecule has 4 nitrogen and oxygen atoms in total. The second-order valence-electron chi connectivity index (χ2n) is 5.22. The summed E-state index contributed by atoms with van der Waals surface area (Å²) in [5.41, 5.74) is 5.42. The minimum Gasteiger partial charge on any atom is -0.493 e. The number of hydrogen-bond acceptors (Lipinski definition) is 4. The van der Waals surface area contributed by atoms with Crippen LogP contribution in [0, 0.1) is 5.92 Å². The lowest BCUT2D eigenvalue weighted by Gasteiger charge is -2.23. The van der Waals surface area contributed by atoms with Crippen LogP contribution in [0.1, 0.15) is 30.5 Å². The quantitative estimate of drug-likeness (QED) is 0.629. The third kappa shape index (κ3) is 2.00. The molecule has 1 saturated heterocycles. The van der Waals surface area contributed by atoms with E-state index in [2.05, 4.69) is 30.5 Å². The van der Waals surface area contributed by atoms with Crippen molar-refractivity contribution < 1.29 is 9.47 Å². The number of para-hydroxylation sites is 1. The maximum Gasteiger partial charge on any atom is 0.127 e. The van der Waals surface area contributed by atoms with Crippen LogP contribution < -0.4 is 16.0 Å². The van der Waals surface area contributed by atoms with E-state index in [0.29, 0.717) is 12.0 Å². The minimum absolute atomic E-state index is 0.114. The highest BCUT2D eigenvalue weighted by Gasteiger charge is 2.32. The molecule has 0 saturated carbocycles. The van der Waals surface area contributed by atoms with E-state index in [1.54, 1.807) is 0 Å². The van der Waals surface area contributed by atoms with Crippen molar-refractivity contribution in [3.63, 3.8) is 0 Å². The molecule has 98 valence electrons. The Morgan fingerprint density at radius 2 is 2.33 bits per heavy atom. The predicted molar refractivity (Wildman–Crippen MR) is 69.2 cm³/mol. The van der Waals surface area contributed by atoms with Gasteiger partial charge >= 0.3 is 0 Å². The molecule has 2 aliphatic heterocycles. The SMILES string of the molecule is CC1CC(C(NN)c2cccc3c2OCC3)CO1. The van der Waals surface area contributed by atoms with E-state index < -0.39 is 0 Å². The molecule has 1 aromatic rings. The van der Waals surface area contributed by atoms with Gasteiger partial charge in [-0.2, -0.15) is 0 Å². The summed E-state index contributed by atoms with van der Waals surface area (Å²) in [5.74, 6) is 7.21. The highest BCUT2D eigenvalue weighted by atomic mass is 16.5. The lowest BCUT2D eigenvalue weighted by molar-refractivity contribution is 0.116. The molecule has 1 aromatic carbocycles. The molecule has 18 heavy (non-hydrogen) atoms. The third-order valence-electron chi connectivity index (χ3n) is 3.96. The zero-order chi connectivity index (χ0) is 12.5. The van der Waals surface area contributed by atoms with Gasteiger partial charge in [0.25, 0.3) is 0 Å². The molecule has 2 aliphatic rings. The van der Waals surface area contributed by atoms with Crippen molar-refractivity contribution in [1.29, 1.82) is 0 Å². The number of nitrogens with one attached hydrogen (secondary N) is 1. The molecule has 3 N–H and O–H groups in total. The maximum atomic E-state index is 5.76. The third-order valence-corrected chi connectivity index (χ3v) is 3.96. The summed E-state index contributed by atoms with van der Waals surface area (Å²) >= 11 is 0. The first-order valence-corrected chi connectivity index (χ1v) is 6.62. The lowest BCUT2D eigenvalue weighted by atomic mass is 9.90. The standard InChI is InChI=1S/C14H20N2O2/c1-9-7-11(8-18-9)13(16-15)12-4-2-3-10-5-6-17-14(10)12/h2-4,9,11,13,16H,5-8,15H2,1H3. The zero-order valence-electron chi connectivity index (χ0n) is 10.7. The monoisotopic (exact) mass is 248 g/mol. The summed E-state index contributed by atoms with van der Waals surface area (Å²) in [6.45, 7) is 3.65. The fraction of sp³-hybridized carbons (Fsp3) is 0.571. The molecule has 0 spiro atoms. The molecular weight excluding hydrogens is 228 g/mol. The lowest BCUT2D eigenvalue weighted by Crippen LogP contribution is -2.34. The van der Waals surface area contributed by atoms with Gasteiger partial charge in [-0.3, -0.25) is 11.3 Å². The Hall–Kier alpha value is -1.10. The van der Waals surface area contributed by atoms with Gasteiger partial charge in [-0.15, -0.1) is 0 Å². The number of nitrogens with two attached hydrogens (primary N) is 1. The van der Waals surface area contributed by atoms with Gasteiger partial charge in [0.05, 0.1) is 25.4 Å². The number of rotatable bonds is 3. The van der Waals surface area contributed by atoms with Crippen LogP contribution in [0.2, 0.25) is 0 Å². The topological polar surface area (TPSA) is 56.5 Å². The van der Waals surface area contributed by atoms with E-state index in [1.807, 2.05) is 0 Å². The van der Waals surface area contributed by atoms with Crippen molar-refractivity contribution in [2.45, 2.75) is 31.9 Å². The molecular formula is C14H20N2O2. The fourth-order valence-corrected chi connectivity index (χ4v) is 3.05. The molecule has 0 aliphatic carbocycles. The van der Waals surface area contributed by atoms with Crippen molar-refractivity contribution in [2.75, 3.05) is 13.2 Å². The van der Waals surface area contributed by atoms with Crippen molar-refractivity contribution >= 4 is 0 Å². The van der Waals surface area contributed by atoms with Crippen molar-refractivity contribution in [1.82, 2.24) is 5.43 Å². The molecule has 2 heterocycles. The summed E-state index contributed by atoms with van der Waals surface area (Å²) in [5, 5.41) is 0. The van der Waals surface area contributed by atoms with Gasteiger partial charge in [-0.05, 0) is 18.9 Å². The largest absolute Gasteiger partial charge is 0.493 e. The second kappa shape index (κ2) is 4.88. The van der Waals surface area contributed by atoms with Crippen molar-refractivity contribution in [2.24, 2.45) is 11.8 Å². The zero-order valence-corrected chi connectivity index (χ0v) is 10.7. The highest BCUT2D eigenvalue weighted by molar-refractivity contribution is 5.45. The van der Waals surface area contributed by atoms with Crippen LogP contribution in [-0.4, -0.2) is 19.3 Å². The Morgan fingerprint density at radius 3 is 3.06 bits per heavy atom. The number of ether oxygens (including phenoxy) is 2. The van der Waals surface area contributed by atoms with Crippen LogP contribution in [0.3, 0.4) is 0 Å². The molecule has 1 fully saturated rings. The molecule has 3 atom stereocenters. The van der Waals surface area contributed by atoms with Gasteiger partial charge in [0, 0.05) is 17.9 Å². The van der Waals surface area contributed by atoms with Gasteiger partial charge in [0.2, 0.25) is 0 Å². The minimum atomic E-state index is 0.114. The van der Waals surface area contributed by atoms with Crippen LogP contribution in [0.15, 0.2) is 18.2 Å². The molecule has 4 heteroatoms. The molecule has 0 aromatic heterocycles. The van der Waals surface area contributed by atoms with E-state index in [-0.39, 0.29) is 6.04 Å². The van der Waals surface area contributed by atoms with Crippen LogP contribution in [0.4, 0.5) is 0 Å². The van der Waals surface area contributed by atoms with Crippen LogP contribution in [0.25, 0.3) is 0 Å². The first-order chi connectivity index (χ1) is 8.79. The molecule has 3 rings (SSSR count). The van der Waals surface area contributed by atoms with Gasteiger partial charge < -0.3 is 9.47 Å². The van der Waals surface area contributed by atoms with Gasteiger partial charge in [-0.1, -0.05) is 18.2 Å². The molecule has 0 radical (unpaired) electrons. The Balaban J connectivity index is 1.90. The Kier molecular flexibility index (Phi) is 3.24. The molecule has 0 bridgehead atoms. The van der Waals surface area contributed by atoms with Gasteiger partial charge in [0.1, 0.15) is 5.75 Å². The average Bonchev–Trinajstić information content (AvgIpc) is 2.99. The van der Waals surface area contributed by atoms with E-state index >= 15 is 0 Å². The Morgan fingerprint density at radius 1 is 1.44 bits per heavy atom. The number of hydrogen-bond donors (Lipinski definition) is 2. The average molecular weight is 248 g/mol. The summed E-state index contributed by atoms with van der Waals surface area (Å²) < 4.78 is 11.4. The highest BCUT2D eigenvalue weighted by Crippen LogP contribution is 2.39. The predicted octanol–water partition coefficient (Wildman–Crippen LogP) is 1.55. The van der Waals surface area contributed by atoms with Crippen molar-refractivity contribution in [3.8, 4) is 5.75 Å². The van der Waals surface area contributed by atoms with E-state index in [4.69, 9.17) is 15.3 Å². The van der Waals surface area contributed by atoms with Crippen LogP contribution >= 0.6 is 0 Å².